The second-order valence-electron chi connectivity index (χ2n) is 5.57. The maximum atomic E-state index is 12.4. The normalized spacial score (nSPS) is 22.2. The van der Waals surface area contributed by atoms with Crippen LogP contribution in [0.5, 0.6) is 0 Å². The summed E-state index contributed by atoms with van der Waals surface area (Å²) in [7, 11) is 1.64. The van der Waals surface area contributed by atoms with Crippen molar-refractivity contribution >= 4 is 5.91 Å². The van der Waals surface area contributed by atoms with E-state index in [1.165, 1.54) is 0 Å². The summed E-state index contributed by atoms with van der Waals surface area (Å²) in [4.78, 5) is 12.4. The molecule has 1 rings (SSSR count). The molecule has 0 aromatic rings. The molecule has 0 bridgehead atoms. The Hall–Kier alpha value is -0.610. The quantitative estimate of drug-likeness (QED) is 0.760. The van der Waals surface area contributed by atoms with Crippen LogP contribution in [0.1, 0.15) is 46.5 Å². The second-order valence-corrected chi connectivity index (χ2v) is 5.57. The molecule has 2 N–H and O–H groups in total. The topological polar surface area (TPSA) is 50.4 Å². The number of nitrogens with one attached hydrogen (secondary N) is 2. The van der Waals surface area contributed by atoms with E-state index < -0.39 is 5.60 Å². The average Bonchev–Trinajstić information content (AvgIpc) is 2.39. The van der Waals surface area contributed by atoms with Gasteiger partial charge in [0.1, 0.15) is 5.60 Å². The molecule has 1 heterocycles. The summed E-state index contributed by atoms with van der Waals surface area (Å²) in [6.07, 6.45) is 3.69. The second kappa shape index (κ2) is 7.10. The zero-order chi connectivity index (χ0) is 13.6. The van der Waals surface area contributed by atoms with Crippen LogP contribution in [0.2, 0.25) is 0 Å². The van der Waals surface area contributed by atoms with Crippen molar-refractivity contribution < 1.29 is 9.53 Å². The molecule has 2 atom stereocenters. The minimum absolute atomic E-state index is 0.0577. The van der Waals surface area contributed by atoms with E-state index in [1.807, 2.05) is 0 Å². The van der Waals surface area contributed by atoms with Crippen molar-refractivity contribution in [1.29, 1.82) is 0 Å². The molecule has 2 unspecified atom stereocenters. The Balaban J connectivity index is 2.51. The van der Waals surface area contributed by atoms with Crippen LogP contribution in [0.15, 0.2) is 0 Å². The molecular formula is C14H28N2O2. The summed E-state index contributed by atoms with van der Waals surface area (Å²) in [5.41, 5.74) is -0.616. The Morgan fingerprint density at radius 2 is 2.00 bits per heavy atom. The first-order valence-corrected chi connectivity index (χ1v) is 7.11. The van der Waals surface area contributed by atoms with Crippen molar-refractivity contribution in [2.75, 3.05) is 20.2 Å². The van der Waals surface area contributed by atoms with E-state index in [9.17, 15) is 4.79 Å². The van der Waals surface area contributed by atoms with Crippen LogP contribution in [0.3, 0.4) is 0 Å². The first-order valence-electron chi connectivity index (χ1n) is 7.11. The highest BCUT2D eigenvalue weighted by molar-refractivity contribution is 5.85. The lowest BCUT2D eigenvalue weighted by molar-refractivity contribution is -0.147. The molecule has 1 saturated heterocycles. The molecule has 0 aromatic heterocycles. The van der Waals surface area contributed by atoms with Gasteiger partial charge in [-0.1, -0.05) is 20.3 Å². The molecule has 1 aliphatic rings. The molecule has 1 amide bonds. The third kappa shape index (κ3) is 3.95. The first-order chi connectivity index (χ1) is 8.54. The zero-order valence-corrected chi connectivity index (χ0v) is 12.2. The predicted octanol–water partition coefficient (Wildman–Crippen LogP) is 1.70. The van der Waals surface area contributed by atoms with Crippen LogP contribution in [0, 0.1) is 5.92 Å². The minimum atomic E-state index is -0.616. The standard InChI is InChI=1S/C14H28N2O2/c1-5-11(2)10-12(3)16-13(17)14(18-4)6-8-15-9-7-14/h11-12,15H,5-10H2,1-4H3,(H,16,17). The number of hydrogen-bond acceptors (Lipinski definition) is 3. The van der Waals surface area contributed by atoms with Gasteiger partial charge in [0, 0.05) is 13.2 Å². The van der Waals surface area contributed by atoms with Gasteiger partial charge in [0.2, 0.25) is 0 Å². The summed E-state index contributed by atoms with van der Waals surface area (Å²) < 4.78 is 5.52. The Morgan fingerprint density at radius 1 is 1.39 bits per heavy atom. The van der Waals surface area contributed by atoms with Gasteiger partial charge in [0.05, 0.1) is 0 Å². The van der Waals surface area contributed by atoms with Crippen molar-refractivity contribution in [2.45, 2.75) is 58.1 Å². The molecule has 0 saturated carbocycles. The van der Waals surface area contributed by atoms with Gasteiger partial charge in [-0.3, -0.25) is 4.79 Å². The number of amides is 1. The van der Waals surface area contributed by atoms with Crippen LogP contribution in [0.25, 0.3) is 0 Å². The molecule has 0 aliphatic carbocycles. The third-order valence-electron chi connectivity index (χ3n) is 4.05. The third-order valence-corrected chi connectivity index (χ3v) is 4.05. The van der Waals surface area contributed by atoms with Gasteiger partial charge in [-0.25, -0.2) is 0 Å². The fourth-order valence-corrected chi connectivity index (χ4v) is 2.54. The Labute approximate surface area is 111 Å². The maximum Gasteiger partial charge on any atom is 0.252 e. The zero-order valence-electron chi connectivity index (χ0n) is 12.2. The predicted molar refractivity (Wildman–Crippen MR) is 73.5 cm³/mol. The van der Waals surface area contributed by atoms with Gasteiger partial charge in [-0.2, -0.15) is 0 Å². The number of rotatable bonds is 6. The van der Waals surface area contributed by atoms with Gasteiger partial charge in [0.25, 0.3) is 5.91 Å². The van der Waals surface area contributed by atoms with Crippen LogP contribution < -0.4 is 10.6 Å². The van der Waals surface area contributed by atoms with E-state index in [4.69, 9.17) is 4.74 Å². The lowest BCUT2D eigenvalue weighted by Crippen LogP contribution is -2.55. The molecule has 0 aromatic carbocycles. The van der Waals surface area contributed by atoms with E-state index in [0.717, 1.165) is 38.8 Å². The highest BCUT2D eigenvalue weighted by Gasteiger charge is 2.40. The minimum Gasteiger partial charge on any atom is -0.368 e. The van der Waals surface area contributed by atoms with Crippen molar-refractivity contribution in [3.8, 4) is 0 Å². The van der Waals surface area contributed by atoms with Crippen LogP contribution in [0.4, 0.5) is 0 Å². The molecule has 4 heteroatoms. The summed E-state index contributed by atoms with van der Waals surface area (Å²) in [6, 6.07) is 0.217. The van der Waals surface area contributed by atoms with Crippen LogP contribution in [-0.4, -0.2) is 37.7 Å². The monoisotopic (exact) mass is 256 g/mol. The summed E-state index contributed by atoms with van der Waals surface area (Å²) >= 11 is 0. The molecule has 0 radical (unpaired) electrons. The molecule has 1 aliphatic heterocycles. The smallest absolute Gasteiger partial charge is 0.252 e. The van der Waals surface area contributed by atoms with Crippen molar-refractivity contribution in [3.05, 3.63) is 0 Å². The number of methoxy groups -OCH3 is 1. The fourth-order valence-electron chi connectivity index (χ4n) is 2.54. The van der Waals surface area contributed by atoms with Gasteiger partial charge in [-0.05, 0) is 45.2 Å². The van der Waals surface area contributed by atoms with Gasteiger partial charge < -0.3 is 15.4 Å². The van der Waals surface area contributed by atoms with E-state index >= 15 is 0 Å². The Kier molecular flexibility index (Phi) is 6.09. The van der Waals surface area contributed by atoms with Crippen molar-refractivity contribution in [3.63, 3.8) is 0 Å². The average molecular weight is 256 g/mol. The van der Waals surface area contributed by atoms with Crippen molar-refractivity contribution in [1.82, 2.24) is 10.6 Å². The highest BCUT2D eigenvalue weighted by Crippen LogP contribution is 2.23. The van der Waals surface area contributed by atoms with Crippen molar-refractivity contribution in [2.24, 2.45) is 5.92 Å². The number of hydrogen-bond donors (Lipinski definition) is 2. The van der Waals surface area contributed by atoms with Crippen LogP contribution in [-0.2, 0) is 9.53 Å². The van der Waals surface area contributed by atoms with Crippen LogP contribution >= 0.6 is 0 Å². The number of carbonyl (C=O) groups excluding carboxylic acids is 1. The molecular weight excluding hydrogens is 228 g/mol. The lowest BCUT2D eigenvalue weighted by Gasteiger charge is -2.36. The van der Waals surface area contributed by atoms with E-state index in [-0.39, 0.29) is 11.9 Å². The SMILES string of the molecule is CCC(C)CC(C)NC(=O)C1(OC)CCNCC1. The molecule has 4 nitrogen and oxygen atoms in total. The molecule has 0 spiro atoms. The molecule has 18 heavy (non-hydrogen) atoms. The summed E-state index contributed by atoms with van der Waals surface area (Å²) in [5.74, 6) is 0.703. The fraction of sp³-hybridized carbons (Fsp3) is 0.929. The largest absolute Gasteiger partial charge is 0.368 e. The number of piperidine rings is 1. The molecule has 106 valence electrons. The van der Waals surface area contributed by atoms with E-state index in [1.54, 1.807) is 7.11 Å². The number of carbonyl (C=O) groups is 1. The lowest BCUT2D eigenvalue weighted by atomic mass is 9.90. The Morgan fingerprint density at radius 3 is 2.50 bits per heavy atom. The van der Waals surface area contributed by atoms with Gasteiger partial charge >= 0.3 is 0 Å². The first kappa shape index (κ1) is 15.4. The number of ether oxygens (including phenoxy) is 1. The van der Waals surface area contributed by atoms with Gasteiger partial charge in [0.15, 0.2) is 0 Å². The maximum absolute atomic E-state index is 12.4. The molecule has 1 fully saturated rings. The Bertz CT molecular complexity index is 263. The van der Waals surface area contributed by atoms with E-state index in [0.29, 0.717) is 5.92 Å². The van der Waals surface area contributed by atoms with Gasteiger partial charge in [-0.15, -0.1) is 0 Å². The summed E-state index contributed by atoms with van der Waals surface area (Å²) in [6.45, 7) is 8.18. The van der Waals surface area contributed by atoms with E-state index in [2.05, 4.69) is 31.4 Å². The highest BCUT2D eigenvalue weighted by atomic mass is 16.5. The summed E-state index contributed by atoms with van der Waals surface area (Å²) in [5, 5.41) is 6.38.